The molecular weight excluding hydrogens is 304 g/mol. The summed E-state index contributed by atoms with van der Waals surface area (Å²) in [5, 5.41) is -0.686. The van der Waals surface area contributed by atoms with E-state index >= 15 is 0 Å². The van der Waals surface area contributed by atoms with Crippen LogP contribution in [0.1, 0.15) is 36.0 Å². The lowest BCUT2D eigenvalue weighted by Gasteiger charge is -2.27. The monoisotopic (exact) mass is 324 g/mol. The van der Waals surface area contributed by atoms with E-state index in [0.29, 0.717) is 42.7 Å². The lowest BCUT2D eigenvalue weighted by Crippen LogP contribution is -2.36. The molecular formula is C16H20O5S. The highest BCUT2D eigenvalue weighted by atomic mass is 32.2. The highest BCUT2D eigenvalue weighted by Gasteiger charge is 2.48. The fourth-order valence-electron chi connectivity index (χ4n) is 3.64. The predicted molar refractivity (Wildman–Crippen MR) is 82.3 cm³/mol. The van der Waals surface area contributed by atoms with Gasteiger partial charge in [-0.2, -0.15) is 0 Å². The van der Waals surface area contributed by atoms with Gasteiger partial charge in [0.2, 0.25) is 0 Å². The predicted octanol–water partition coefficient (Wildman–Crippen LogP) is 2.24. The number of benzene rings is 1. The molecule has 2 saturated heterocycles. The summed E-state index contributed by atoms with van der Waals surface area (Å²) < 4.78 is 34.7. The Morgan fingerprint density at radius 1 is 1.09 bits per heavy atom. The Balaban J connectivity index is 1.87. The van der Waals surface area contributed by atoms with Gasteiger partial charge < -0.3 is 9.47 Å². The van der Waals surface area contributed by atoms with Crippen LogP contribution in [-0.2, 0) is 9.84 Å². The minimum atomic E-state index is -3.01. The van der Waals surface area contributed by atoms with E-state index in [1.54, 1.807) is 25.3 Å². The first-order valence-corrected chi connectivity index (χ1v) is 9.07. The molecule has 0 N–H and O–H groups in total. The van der Waals surface area contributed by atoms with E-state index < -0.39 is 9.84 Å². The molecule has 2 heterocycles. The van der Waals surface area contributed by atoms with Crippen molar-refractivity contribution in [2.75, 3.05) is 14.2 Å². The first-order valence-electron chi connectivity index (χ1n) is 7.46. The average molecular weight is 324 g/mol. The van der Waals surface area contributed by atoms with Crippen LogP contribution in [0.15, 0.2) is 18.2 Å². The van der Waals surface area contributed by atoms with E-state index in [9.17, 15) is 13.2 Å². The second-order valence-corrected chi connectivity index (χ2v) is 8.52. The van der Waals surface area contributed by atoms with Crippen molar-refractivity contribution in [2.24, 2.45) is 5.92 Å². The van der Waals surface area contributed by atoms with Crippen molar-refractivity contribution in [3.05, 3.63) is 23.8 Å². The van der Waals surface area contributed by atoms with Crippen molar-refractivity contribution in [1.29, 1.82) is 0 Å². The van der Waals surface area contributed by atoms with Gasteiger partial charge in [0, 0.05) is 12.0 Å². The van der Waals surface area contributed by atoms with E-state index in [1.807, 2.05) is 0 Å². The molecule has 3 rings (SSSR count). The summed E-state index contributed by atoms with van der Waals surface area (Å²) in [7, 11) is 0.0625. The number of carbonyl (C=O) groups is 1. The second-order valence-electron chi connectivity index (χ2n) is 6.01. The number of carbonyl (C=O) groups excluding carboxylic acids is 1. The first kappa shape index (κ1) is 15.3. The Labute approximate surface area is 130 Å². The third-order valence-electron chi connectivity index (χ3n) is 4.88. The molecule has 0 aliphatic carbocycles. The molecule has 5 nitrogen and oxygen atoms in total. The van der Waals surface area contributed by atoms with Crippen LogP contribution in [0.2, 0.25) is 0 Å². The lowest BCUT2D eigenvalue weighted by atomic mass is 9.90. The van der Waals surface area contributed by atoms with Crippen molar-refractivity contribution in [3.63, 3.8) is 0 Å². The van der Waals surface area contributed by atoms with Gasteiger partial charge in [0.25, 0.3) is 0 Å². The molecule has 22 heavy (non-hydrogen) atoms. The van der Waals surface area contributed by atoms with Gasteiger partial charge >= 0.3 is 0 Å². The maximum Gasteiger partial charge on any atom is 0.169 e. The van der Waals surface area contributed by atoms with Crippen LogP contribution >= 0.6 is 0 Å². The van der Waals surface area contributed by atoms with Crippen LogP contribution in [-0.4, -0.2) is 38.9 Å². The number of methoxy groups -OCH3 is 2. The SMILES string of the molecule is COc1ccc(C(=O)C2CC3CCC(C2)S3(=O)=O)c(OC)c1. The second kappa shape index (κ2) is 5.57. The summed E-state index contributed by atoms with van der Waals surface area (Å²) in [5.74, 6) is 0.847. The first-order chi connectivity index (χ1) is 10.5. The molecule has 2 aliphatic heterocycles. The fourth-order valence-corrected chi connectivity index (χ4v) is 6.12. The van der Waals surface area contributed by atoms with Crippen LogP contribution in [0.5, 0.6) is 11.5 Å². The number of fused-ring (bicyclic) bond motifs is 2. The molecule has 2 aliphatic rings. The van der Waals surface area contributed by atoms with Gasteiger partial charge in [-0.1, -0.05) is 0 Å². The van der Waals surface area contributed by atoms with Crippen molar-refractivity contribution in [1.82, 2.24) is 0 Å². The topological polar surface area (TPSA) is 69.7 Å². The summed E-state index contributed by atoms with van der Waals surface area (Å²) in [6.07, 6.45) is 2.26. The van der Waals surface area contributed by atoms with Crippen LogP contribution < -0.4 is 9.47 Å². The minimum Gasteiger partial charge on any atom is -0.497 e. The maximum atomic E-state index is 12.8. The van der Waals surface area contributed by atoms with Crippen molar-refractivity contribution >= 4 is 15.6 Å². The molecule has 2 bridgehead atoms. The number of hydrogen-bond acceptors (Lipinski definition) is 5. The molecule has 2 fully saturated rings. The van der Waals surface area contributed by atoms with Crippen molar-refractivity contribution in [2.45, 2.75) is 36.2 Å². The normalized spacial score (nSPS) is 29.1. The smallest absolute Gasteiger partial charge is 0.169 e. The quantitative estimate of drug-likeness (QED) is 0.795. The molecule has 2 unspecified atom stereocenters. The highest BCUT2D eigenvalue weighted by molar-refractivity contribution is 7.93. The molecule has 2 atom stereocenters. The minimum absolute atomic E-state index is 0.0219. The Kier molecular flexibility index (Phi) is 3.89. The highest BCUT2D eigenvalue weighted by Crippen LogP contribution is 2.43. The summed E-state index contributed by atoms with van der Waals surface area (Å²) in [5.41, 5.74) is 0.506. The molecule has 0 amide bonds. The van der Waals surface area contributed by atoms with Gasteiger partial charge in [0.1, 0.15) is 11.5 Å². The van der Waals surface area contributed by atoms with Gasteiger partial charge in [-0.25, -0.2) is 8.42 Å². The molecule has 120 valence electrons. The molecule has 1 aromatic carbocycles. The van der Waals surface area contributed by atoms with Gasteiger partial charge in [-0.3, -0.25) is 4.79 Å². The summed E-state index contributed by atoms with van der Waals surface area (Å²) >= 11 is 0. The number of sulfone groups is 1. The number of hydrogen-bond donors (Lipinski definition) is 0. The largest absolute Gasteiger partial charge is 0.497 e. The molecule has 0 saturated carbocycles. The van der Waals surface area contributed by atoms with E-state index in [2.05, 4.69) is 0 Å². The Morgan fingerprint density at radius 2 is 1.73 bits per heavy atom. The Morgan fingerprint density at radius 3 is 2.27 bits per heavy atom. The molecule has 0 aromatic heterocycles. The van der Waals surface area contributed by atoms with E-state index in [4.69, 9.17) is 9.47 Å². The maximum absolute atomic E-state index is 12.8. The van der Waals surface area contributed by atoms with E-state index in [-0.39, 0.29) is 22.2 Å². The lowest BCUT2D eigenvalue weighted by molar-refractivity contribution is 0.0902. The van der Waals surface area contributed by atoms with Gasteiger partial charge in [0.05, 0.1) is 30.3 Å². The number of rotatable bonds is 4. The number of Topliss-reactive ketones (excluding diaryl/α,β-unsaturated/α-hetero) is 1. The van der Waals surface area contributed by atoms with E-state index in [1.165, 1.54) is 7.11 Å². The summed E-state index contributed by atoms with van der Waals surface area (Å²) in [6, 6.07) is 5.11. The van der Waals surface area contributed by atoms with Gasteiger partial charge in [0.15, 0.2) is 15.6 Å². The summed E-state index contributed by atoms with van der Waals surface area (Å²) in [6.45, 7) is 0. The number of ketones is 1. The van der Waals surface area contributed by atoms with Crippen molar-refractivity contribution < 1.29 is 22.7 Å². The molecule has 0 spiro atoms. The fraction of sp³-hybridized carbons (Fsp3) is 0.562. The van der Waals surface area contributed by atoms with Gasteiger partial charge in [-0.15, -0.1) is 0 Å². The zero-order valence-corrected chi connectivity index (χ0v) is 13.6. The van der Waals surface area contributed by atoms with Crippen LogP contribution in [0.4, 0.5) is 0 Å². The molecule has 1 aromatic rings. The summed E-state index contributed by atoms with van der Waals surface area (Å²) in [4.78, 5) is 12.8. The molecule has 6 heteroatoms. The van der Waals surface area contributed by atoms with Crippen LogP contribution in [0.3, 0.4) is 0 Å². The number of ether oxygens (including phenoxy) is 2. The zero-order valence-electron chi connectivity index (χ0n) is 12.7. The average Bonchev–Trinajstić information content (AvgIpc) is 2.72. The molecule has 0 radical (unpaired) electrons. The zero-order chi connectivity index (χ0) is 15.9. The van der Waals surface area contributed by atoms with Gasteiger partial charge in [-0.05, 0) is 37.8 Å². The Hall–Kier alpha value is -1.56. The van der Waals surface area contributed by atoms with Crippen LogP contribution in [0, 0.1) is 5.92 Å². The third-order valence-corrected chi connectivity index (χ3v) is 7.59. The standard InChI is InChI=1S/C16H20O5S/c1-20-11-3-6-14(15(9-11)21-2)16(17)10-7-12-4-5-13(8-10)22(12,18)19/h3,6,9-10,12-13H,4-5,7-8H2,1-2H3. The Bertz CT molecular complexity index is 674. The third kappa shape index (κ3) is 2.39. The van der Waals surface area contributed by atoms with Crippen molar-refractivity contribution in [3.8, 4) is 11.5 Å². The van der Waals surface area contributed by atoms with Crippen LogP contribution in [0.25, 0.3) is 0 Å². The van der Waals surface area contributed by atoms with E-state index in [0.717, 1.165) is 0 Å².